The average Bonchev–Trinajstić information content (AvgIpc) is 2.42. The largest absolute Gasteiger partial charge is 0.465 e. The monoisotopic (exact) mass is 263 g/mol. The zero-order chi connectivity index (χ0) is 13.8. The maximum absolute atomic E-state index is 11.8. The predicted octanol–water partition coefficient (Wildman–Crippen LogP) is 1.56. The number of hydrogen-bond acceptors (Lipinski definition) is 5. The van der Waals surface area contributed by atoms with E-state index >= 15 is 0 Å². The summed E-state index contributed by atoms with van der Waals surface area (Å²) in [5.41, 5.74) is 7.60. The first-order valence-electron chi connectivity index (χ1n) is 6.53. The van der Waals surface area contributed by atoms with Crippen LogP contribution in [0.2, 0.25) is 0 Å². The number of rotatable bonds is 3. The molecule has 0 atom stereocenters. The summed E-state index contributed by atoms with van der Waals surface area (Å²) in [5, 5.41) is 3.43. The maximum Gasteiger partial charge on any atom is 0.340 e. The Kier molecular flexibility index (Phi) is 4.27. The van der Waals surface area contributed by atoms with Gasteiger partial charge in [-0.15, -0.1) is 0 Å². The number of carbonyl (C=O) groups excluding carboxylic acids is 1. The number of carbonyl (C=O) groups is 1. The van der Waals surface area contributed by atoms with E-state index in [-0.39, 0.29) is 5.97 Å². The molecule has 1 aromatic rings. The van der Waals surface area contributed by atoms with Crippen LogP contribution in [-0.4, -0.2) is 44.2 Å². The molecule has 5 heteroatoms. The fourth-order valence-corrected chi connectivity index (χ4v) is 2.34. The van der Waals surface area contributed by atoms with Gasteiger partial charge in [0, 0.05) is 17.4 Å². The van der Waals surface area contributed by atoms with Crippen molar-refractivity contribution >= 4 is 17.3 Å². The Labute approximate surface area is 113 Å². The van der Waals surface area contributed by atoms with Crippen molar-refractivity contribution < 1.29 is 9.53 Å². The van der Waals surface area contributed by atoms with Crippen LogP contribution in [0, 0.1) is 0 Å². The fraction of sp³-hybridized carbons (Fsp3) is 0.500. The van der Waals surface area contributed by atoms with Crippen LogP contribution >= 0.6 is 0 Å². The minimum Gasteiger partial charge on any atom is -0.465 e. The van der Waals surface area contributed by atoms with Gasteiger partial charge in [-0.2, -0.15) is 0 Å². The third kappa shape index (κ3) is 3.38. The topological polar surface area (TPSA) is 67.6 Å². The molecule has 0 bridgehead atoms. The van der Waals surface area contributed by atoms with Crippen LogP contribution in [0.25, 0.3) is 0 Å². The predicted molar refractivity (Wildman–Crippen MR) is 76.3 cm³/mol. The van der Waals surface area contributed by atoms with Gasteiger partial charge in [-0.05, 0) is 51.2 Å². The van der Waals surface area contributed by atoms with Gasteiger partial charge < -0.3 is 20.7 Å². The molecule has 1 heterocycles. The molecule has 1 aliphatic rings. The van der Waals surface area contributed by atoms with Gasteiger partial charge in [0.1, 0.15) is 0 Å². The van der Waals surface area contributed by atoms with Gasteiger partial charge in [-0.1, -0.05) is 0 Å². The summed E-state index contributed by atoms with van der Waals surface area (Å²) in [6.07, 6.45) is 2.14. The Hall–Kier alpha value is -1.75. The fourth-order valence-electron chi connectivity index (χ4n) is 2.34. The number of methoxy groups -OCH3 is 1. The Morgan fingerprint density at radius 2 is 2.11 bits per heavy atom. The number of likely N-dealkylation sites (tertiary alicyclic amines) is 1. The van der Waals surface area contributed by atoms with Gasteiger partial charge in [0.15, 0.2) is 0 Å². The van der Waals surface area contributed by atoms with E-state index in [1.54, 1.807) is 12.1 Å². The molecule has 0 aromatic heterocycles. The molecule has 2 rings (SSSR count). The SMILES string of the molecule is COC(=O)c1cc(N)ccc1NC1CCN(C)CC1. The molecule has 0 spiro atoms. The molecule has 5 nitrogen and oxygen atoms in total. The van der Waals surface area contributed by atoms with Crippen molar-refractivity contribution in [1.82, 2.24) is 4.90 Å². The van der Waals surface area contributed by atoms with Crippen LogP contribution in [0.5, 0.6) is 0 Å². The van der Waals surface area contributed by atoms with Crippen molar-refractivity contribution in [3.05, 3.63) is 23.8 Å². The molecular weight excluding hydrogens is 242 g/mol. The number of hydrogen-bond donors (Lipinski definition) is 2. The molecule has 19 heavy (non-hydrogen) atoms. The molecule has 0 saturated carbocycles. The van der Waals surface area contributed by atoms with E-state index in [1.807, 2.05) is 6.07 Å². The van der Waals surface area contributed by atoms with Gasteiger partial charge >= 0.3 is 5.97 Å². The number of nitrogens with zero attached hydrogens (tertiary/aromatic N) is 1. The van der Waals surface area contributed by atoms with Crippen molar-refractivity contribution in [2.45, 2.75) is 18.9 Å². The molecule has 104 valence electrons. The van der Waals surface area contributed by atoms with Crippen molar-refractivity contribution in [3.63, 3.8) is 0 Å². The highest BCUT2D eigenvalue weighted by Crippen LogP contribution is 2.23. The summed E-state index contributed by atoms with van der Waals surface area (Å²) in [4.78, 5) is 14.1. The lowest BCUT2D eigenvalue weighted by Gasteiger charge is -2.30. The lowest BCUT2D eigenvalue weighted by molar-refractivity contribution is 0.0602. The highest BCUT2D eigenvalue weighted by atomic mass is 16.5. The van der Waals surface area contributed by atoms with Crippen LogP contribution < -0.4 is 11.1 Å². The molecule has 1 aliphatic heterocycles. The molecule has 1 aromatic carbocycles. The van der Waals surface area contributed by atoms with Crippen LogP contribution in [-0.2, 0) is 4.74 Å². The lowest BCUT2D eigenvalue weighted by Crippen LogP contribution is -2.37. The van der Waals surface area contributed by atoms with Crippen LogP contribution in [0.15, 0.2) is 18.2 Å². The summed E-state index contributed by atoms with van der Waals surface area (Å²) in [6, 6.07) is 5.69. The summed E-state index contributed by atoms with van der Waals surface area (Å²) >= 11 is 0. The van der Waals surface area contributed by atoms with Gasteiger partial charge in [-0.25, -0.2) is 4.79 Å². The van der Waals surface area contributed by atoms with Gasteiger partial charge in [-0.3, -0.25) is 0 Å². The smallest absolute Gasteiger partial charge is 0.340 e. The normalized spacial score (nSPS) is 17.2. The number of nitrogens with one attached hydrogen (secondary N) is 1. The Morgan fingerprint density at radius 3 is 2.74 bits per heavy atom. The second kappa shape index (κ2) is 5.93. The van der Waals surface area contributed by atoms with E-state index in [0.29, 0.717) is 17.3 Å². The van der Waals surface area contributed by atoms with Crippen molar-refractivity contribution in [2.24, 2.45) is 0 Å². The molecule has 0 unspecified atom stereocenters. The van der Waals surface area contributed by atoms with Gasteiger partial charge in [0.05, 0.1) is 12.7 Å². The zero-order valence-corrected chi connectivity index (χ0v) is 11.5. The maximum atomic E-state index is 11.8. The minimum atomic E-state index is -0.359. The van der Waals surface area contributed by atoms with Crippen LogP contribution in [0.1, 0.15) is 23.2 Å². The third-order valence-electron chi connectivity index (χ3n) is 3.53. The number of ether oxygens (including phenoxy) is 1. The highest BCUT2D eigenvalue weighted by molar-refractivity contribution is 5.96. The number of nitrogen functional groups attached to an aromatic ring is 1. The van der Waals surface area contributed by atoms with E-state index in [0.717, 1.165) is 31.6 Å². The molecule has 0 radical (unpaired) electrons. The Balaban J connectivity index is 2.13. The zero-order valence-electron chi connectivity index (χ0n) is 11.5. The number of benzene rings is 1. The Morgan fingerprint density at radius 1 is 1.42 bits per heavy atom. The quantitative estimate of drug-likeness (QED) is 0.640. The number of anilines is 2. The number of piperidine rings is 1. The molecule has 0 aliphatic carbocycles. The first-order valence-corrected chi connectivity index (χ1v) is 6.53. The standard InChI is InChI=1S/C14H21N3O2/c1-17-7-5-11(6-8-17)16-13-4-3-10(15)9-12(13)14(18)19-2/h3-4,9,11,16H,5-8,15H2,1-2H3. The molecule has 3 N–H and O–H groups in total. The van der Waals surface area contributed by atoms with Crippen LogP contribution in [0.3, 0.4) is 0 Å². The Bertz CT molecular complexity index is 454. The third-order valence-corrected chi connectivity index (χ3v) is 3.53. The van der Waals surface area contributed by atoms with Crippen molar-refractivity contribution in [1.29, 1.82) is 0 Å². The summed E-state index contributed by atoms with van der Waals surface area (Å²) < 4.78 is 4.80. The van der Waals surface area contributed by atoms with E-state index in [9.17, 15) is 4.79 Å². The molecular formula is C14H21N3O2. The summed E-state index contributed by atoms with van der Waals surface area (Å²) in [7, 11) is 3.50. The lowest BCUT2D eigenvalue weighted by atomic mass is 10.0. The van der Waals surface area contributed by atoms with E-state index < -0.39 is 0 Å². The average molecular weight is 263 g/mol. The minimum absolute atomic E-state index is 0.359. The van der Waals surface area contributed by atoms with Gasteiger partial charge in [0.2, 0.25) is 0 Å². The van der Waals surface area contributed by atoms with E-state index in [4.69, 9.17) is 10.5 Å². The van der Waals surface area contributed by atoms with Crippen molar-refractivity contribution in [3.8, 4) is 0 Å². The van der Waals surface area contributed by atoms with Crippen LogP contribution in [0.4, 0.5) is 11.4 Å². The van der Waals surface area contributed by atoms with Crippen molar-refractivity contribution in [2.75, 3.05) is 38.3 Å². The molecule has 0 amide bonds. The van der Waals surface area contributed by atoms with E-state index in [1.165, 1.54) is 7.11 Å². The number of esters is 1. The molecule has 1 saturated heterocycles. The summed E-state index contributed by atoms with van der Waals surface area (Å²) in [6.45, 7) is 2.14. The molecule has 1 fully saturated rings. The summed E-state index contributed by atoms with van der Waals surface area (Å²) in [5.74, 6) is -0.359. The first kappa shape index (κ1) is 13.7. The second-order valence-corrected chi connectivity index (χ2v) is 5.02. The first-order chi connectivity index (χ1) is 9.10. The number of nitrogens with two attached hydrogens (primary N) is 1. The second-order valence-electron chi connectivity index (χ2n) is 5.02. The van der Waals surface area contributed by atoms with Gasteiger partial charge in [0.25, 0.3) is 0 Å². The highest BCUT2D eigenvalue weighted by Gasteiger charge is 2.19. The van der Waals surface area contributed by atoms with E-state index in [2.05, 4.69) is 17.3 Å².